The van der Waals surface area contributed by atoms with Crippen molar-refractivity contribution in [2.24, 2.45) is 5.92 Å². The van der Waals surface area contributed by atoms with Crippen molar-refractivity contribution in [3.8, 4) is 0 Å². The Morgan fingerprint density at radius 2 is 2.00 bits per heavy atom. The van der Waals surface area contributed by atoms with E-state index in [-0.39, 0.29) is 30.8 Å². The second-order valence-electron chi connectivity index (χ2n) is 4.99. The Balaban J connectivity index is 2.01. The summed E-state index contributed by atoms with van der Waals surface area (Å²) in [6.45, 7) is 3.11. The van der Waals surface area contributed by atoms with Gasteiger partial charge in [-0.25, -0.2) is 0 Å². The molecule has 4 atom stereocenters. The van der Waals surface area contributed by atoms with Crippen LogP contribution in [0, 0.1) is 5.92 Å². The van der Waals surface area contributed by atoms with Crippen molar-refractivity contribution in [1.82, 2.24) is 0 Å². The molecule has 1 saturated heterocycles. The molecule has 4 nitrogen and oxygen atoms in total. The van der Waals surface area contributed by atoms with Crippen LogP contribution >= 0.6 is 0 Å². The molecule has 4 unspecified atom stereocenters. The lowest BCUT2D eigenvalue weighted by Gasteiger charge is -2.40. The molecule has 2 rings (SSSR count). The molecular formula is C15H22O4. The van der Waals surface area contributed by atoms with Crippen LogP contribution < -0.4 is 0 Å². The number of hydrogen-bond donors (Lipinski definition) is 1. The molecule has 1 aromatic carbocycles. The highest BCUT2D eigenvalue weighted by Crippen LogP contribution is 2.25. The van der Waals surface area contributed by atoms with Gasteiger partial charge in [0.2, 0.25) is 0 Å². The highest BCUT2D eigenvalue weighted by molar-refractivity contribution is 5.13. The Morgan fingerprint density at radius 1 is 1.26 bits per heavy atom. The van der Waals surface area contributed by atoms with Crippen LogP contribution in [0.2, 0.25) is 0 Å². The molecule has 1 aliphatic rings. The largest absolute Gasteiger partial charge is 0.394 e. The molecule has 0 radical (unpaired) electrons. The molecule has 19 heavy (non-hydrogen) atoms. The number of aliphatic hydroxyl groups is 1. The number of rotatable bonds is 5. The molecule has 106 valence electrons. The van der Waals surface area contributed by atoms with Crippen LogP contribution in [0.1, 0.15) is 12.5 Å². The van der Waals surface area contributed by atoms with Crippen molar-refractivity contribution >= 4 is 0 Å². The third kappa shape index (κ3) is 3.54. The summed E-state index contributed by atoms with van der Waals surface area (Å²) < 4.78 is 17.1. The maximum atomic E-state index is 9.40. The molecule has 0 spiro atoms. The van der Waals surface area contributed by atoms with E-state index in [1.807, 2.05) is 30.3 Å². The van der Waals surface area contributed by atoms with Crippen LogP contribution in [0.25, 0.3) is 0 Å². The first-order chi connectivity index (χ1) is 9.26. The lowest BCUT2D eigenvalue weighted by molar-refractivity contribution is -0.202. The van der Waals surface area contributed by atoms with Crippen LogP contribution in [0.3, 0.4) is 0 Å². The predicted molar refractivity (Wildman–Crippen MR) is 71.8 cm³/mol. The summed E-state index contributed by atoms with van der Waals surface area (Å²) >= 11 is 0. The highest BCUT2D eigenvalue weighted by Gasteiger charge is 2.39. The zero-order valence-electron chi connectivity index (χ0n) is 11.5. The SMILES string of the molecule is COC1C(C)COC(CO)C1OCc1ccccc1. The average Bonchev–Trinajstić information content (AvgIpc) is 2.46. The van der Waals surface area contributed by atoms with Crippen molar-refractivity contribution < 1.29 is 19.3 Å². The standard InChI is InChI=1S/C15H22O4/c1-11-9-18-13(8-16)15(14(11)17-2)19-10-12-6-4-3-5-7-12/h3-7,11,13-16H,8-10H2,1-2H3. The van der Waals surface area contributed by atoms with E-state index in [9.17, 15) is 5.11 Å². The molecule has 0 saturated carbocycles. The van der Waals surface area contributed by atoms with Gasteiger partial charge < -0.3 is 19.3 Å². The topological polar surface area (TPSA) is 47.9 Å². The Labute approximate surface area is 114 Å². The minimum atomic E-state index is -0.315. The first-order valence-corrected chi connectivity index (χ1v) is 6.67. The summed E-state index contributed by atoms with van der Waals surface area (Å²) in [6, 6.07) is 9.97. The summed E-state index contributed by atoms with van der Waals surface area (Å²) in [5.41, 5.74) is 1.10. The minimum Gasteiger partial charge on any atom is -0.394 e. The van der Waals surface area contributed by atoms with Gasteiger partial charge in [0.1, 0.15) is 12.2 Å². The maximum absolute atomic E-state index is 9.40. The number of hydrogen-bond acceptors (Lipinski definition) is 4. The monoisotopic (exact) mass is 266 g/mol. The summed E-state index contributed by atoms with van der Waals surface area (Å²) in [4.78, 5) is 0. The van der Waals surface area contributed by atoms with Gasteiger partial charge in [0.05, 0.1) is 25.9 Å². The molecule has 0 aliphatic carbocycles. The molecule has 1 aromatic rings. The normalized spacial score (nSPS) is 31.3. The van der Waals surface area contributed by atoms with Gasteiger partial charge in [-0.05, 0) is 5.56 Å². The lowest BCUT2D eigenvalue weighted by Crippen LogP contribution is -2.52. The van der Waals surface area contributed by atoms with E-state index in [1.54, 1.807) is 7.11 Å². The fraction of sp³-hybridized carbons (Fsp3) is 0.600. The second kappa shape index (κ2) is 7.01. The Kier molecular flexibility index (Phi) is 5.34. The Bertz CT molecular complexity index is 368. The van der Waals surface area contributed by atoms with Gasteiger partial charge >= 0.3 is 0 Å². The molecule has 0 aromatic heterocycles. The third-order valence-corrected chi connectivity index (χ3v) is 3.56. The maximum Gasteiger partial charge on any atom is 0.113 e. The second-order valence-corrected chi connectivity index (χ2v) is 4.99. The van der Waals surface area contributed by atoms with Crippen LogP contribution in [0.15, 0.2) is 30.3 Å². The van der Waals surface area contributed by atoms with Crippen molar-refractivity contribution in [3.63, 3.8) is 0 Å². The number of benzene rings is 1. The van der Waals surface area contributed by atoms with Gasteiger partial charge in [0.25, 0.3) is 0 Å². The van der Waals surface area contributed by atoms with Crippen molar-refractivity contribution in [3.05, 3.63) is 35.9 Å². The summed E-state index contributed by atoms with van der Waals surface area (Å²) in [7, 11) is 1.68. The third-order valence-electron chi connectivity index (χ3n) is 3.56. The van der Waals surface area contributed by atoms with Gasteiger partial charge in [-0.3, -0.25) is 0 Å². The number of ether oxygens (including phenoxy) is 3. The van der Waals surface area contributed by atoms with Crippen LogP contribution in [-0.2, 0) is 20.8 Å². The van der Waals surface area contributed by atoms with E-state index >= 15 is 0 Å². The van der Waals surface area contributed by atoms with E-state index in [2.05, 4.69) is 6.92 Å². The Morgan fingerprint density at radius 3 is 2.63 bits per heavy atom. The quantitative estimate of drug-likeness (QED) is 0.879. The summed E-state index contributed by atoms with van der Waals surface area (Å²) in [5.74, 6) is 0.258. The molecule has 1 N–H and O–H groups in total. The minimum absolute atomic E-state index is 0.0467. The Hall–Kier alpha value is -0.940. The molecule has 0 amide bonds. The first-order valence-electron chi connectivity index (χ1n) is 6.67. The zero-order valence-corrected chi connectivity index (χ0v) is 11.5. The van der Waals surface area contributed by atoms with E-state index in [0.29, 0.717) is 13.2 Å². The van der Waals surface area contributed by atoms with Crippen molar-refractivity contribution in [1.29, 1.82) is 0 Å². The van der Waals surface area contributed by atoms with Crippen molar-refractivity contribution in [2.75, 3.05) is 20.3 Å². The van der Waals surface area contributed by atoms with E-state index in [0.717, 1.165) is 5.56 Å². The molecule has 4 heteroatoms. The number of aliphatic hydroxyl groups excluding tert-OH is 1. The predicted octanol–water partition coefficient (Wildman–Crippen LogP) is 1.61. The molecule has 1 heterocycles. The lowest BCUT2D eigenvalue weighted by atomic mass is 9.93. The molecular weight excluding hydrogens is 244 g/mol. The average molecular weight is 266 g/mol. The number of methoxy groups -OCH3 is 1. The fourth-order valence-electron chi connectivity index (χ4n) is 2.49. The molecule has 1 aliphatic heterocycles. The van der Waals surface area contributed by atoms with Gasteiger partial charge in [-0.15, -0.1) is 0 Å². The van der Waals surface area contributed by atoms with E-state index < -0.39 is 0 Å². The fourth-order valence-corrected chi connectivity index (χ4v) is 2.49. The van der Waals surface area contributed by atoms with Gasteiger partial charge in [0.15, 0.2) is 0 Å². The van der Waals surface area contributed by atoms with Gasteiger partial charge in [0, 0.05) is 13.0 Å². The van der Waals surface area contributed by atoms with Crippen LogP contribution in [0.5, 0.6) is 0 Å². The van der Waals surface area contributed by atoms with Crippen LogP contribution in [-0.4, -0.2) is 43.7 Å². The highest BCUT2D eigenvalue weighted by atomic mass is 16.6. The smallest absolute Gasteiger partial charge is 0.113 e. The first kappa shape index (κ1) is 14.5. The molecule has 1 fully saturated rings. The van der Waals surface area contributed by atoms with Crippen molar-refractivity contribution in [2.45, 2.75) is 31.8 Å². The van der Waals surface area contributed by atoms with E-state index in [4.69, 9.17) is 14.2 Å². The van der Waals surface area contributed by atoms with Gasteiger partial charge in [-0.1, -0.05) is 37.3 Å². The van der Waals surface area contributed by atoms with E-state index in [1.165, 1.54) is 0 Å². The summed E-state index contributed by atoms with van der Waals surface area (Å²) in [5, 5.41) is 9.40. The summed E-state index contributed by atoms with van der Waals surface area (Å²) in [6.07, 6.45) is -0.599. The van der Waals surface area contributed by atoms with Crippen LogP contribution in [0.4, 0.5) is 0 Å². The zero-order chi connectivity index (χ0) is 13.7. The van der Waals surface area contributed by atoms with Gasteiger partial charge in [-0.2, -0.15) is 0 Å². The molecule has 0 bridgehead atoms.